The van der Waals surface area contributed by atoms with Gasteiger partial charge in [-0.25, -0.2) is 0 Å². The zero-order valence-electron chi connectivity index (χ0n) is 36.5. The van der Waals surface area contributed by atoms with E-state index in [1.165, 1.54) is 32.1 Å². The van der Waals surface area contributed by atoms with Crippen molar-refractivity contribution in [2.75, 3.05) is 13.2 Å². The van der Waals surface area contributed by atoms with Crippen LogP contribution in [0.3, 0.4) is 0 Å². The summed E-state index contributed by atoms with van der Waals surface area (Å²) < 4.78 is 11.2. The SMILES string of the molecule is CC/C=C\C/C=C\C/C=C\C/C=C\C/C=C\C/C=C\C/C=C\CCCCCC(=O)NC(COC1OC(CO)C(O)C(O)C1O)C(O)/C=C/CC/C=C/CCCCCCC. The van der Waals surface area contributed by atoms with E-state index in [1.54, 1.807) is 6.08 Å². The van der Waals surface area contributed by atoms with Gasteiger partial charge in [-0.05, 0) is 89.9 Å². The number of unbranched alkanes of at least 4 members (excludes halogenated alkanes) is 9. The van der Waals surface area contributed by atoms with Crippen LogP contribution in [0, 0.1) is 0 Å². The predicted octanol–water partition coefficient (Wildman–Crippen LogP) is 9.50. The van der Waals surface area contributed by atoms with Crippen molar-refractivity contribution in [2.45, 2.75) is 185 Å². The molecular formula is C50H81NO8. The maximum Gasteiger partial charge on any atom is 0.220 e. The molecule has 0 aromatic heterocycles. The van der Waals surface area contributed by atoms with Crippen LogP contribution in [0.1, 0.15) is 142 Å². The normalized spacial score (nSPS) is 21.8. The van der Waals surface area contributed by atoms with Crippen molar-refractivity contribution < 1.29 is 39.8 Å². The average molecular weight is 824 g/mol. The Bertz CT molecular complexity index is 1280. The molecule has 0 aliphatic carbocycles. The van der Waals surface area contributed by atoms with Crippen LogP contribution in [0.5, 0.6) is 0 Å². The first-order valence-corrected chi connectivity index (χ1v) is 22.6. The summed E-state index contributed by atoms with van der Waals surface area (Å²) >= 11 is 0. The van der Waals surface area contributed by atoms with E-state index in [9.17, 15) is 30.3 Å². The molecule has 9 heteroatoms. The number of amides is 1. The number of aliphatic hydroxyl groups is 5. The second-order valence-electron chi connectivity index (χ2n) is 15.1. The Morgan fingerprint density at radius 2 is 1.07 bits per heavy atom. The average Bonchev–Trinajstić information content (AvgIpc) is 3.23. The van der Waals surface area contributed by atoms with Gasteiger partial charge in [-0.2, -0.15) is 0 Å². The van der Waals surface area contributed by atoms with Crippen LogP contribution in [0.2, 0.25) is 0 Å². The molecular weight excluding hydrogens is 743 g/mol. The van der Waals surface area contributed by atoms with Gasteiger partial charge in [0, 0.05) is 6.42 Å². The highest BCUT2D eigenvalue weighted by Crippen LogP contribution is 2.22. The smallest absolute Gasteiger partial charge is 0.220 e. The van der Waals surface area contributed by atoms with Crippen LogP contribution in [0.15, 0.2) is 109 Å². The summed E-state index contributed by atoms with van der Waals surface area (Å²) in [6.45, 7) is 3.56. The highest BCUT2D eigenvalue weighted by molar-refractivity contribution is 5.76. The Hall–Kier alpha value is -3.15. The molecule has 0 aromatic rings. The molecule has 1 aliphatic rings. The molecule has 1 saturated heterocycles. The van der Waals surface area contributed by atoms with Crippen molar-refractivity contribution in [1.82, 2.24) is 5.32 Å². The summed E-state index contributed by atoms with van der Waals surface area (Å²) in [5.74, 6) is -0.227. The fourth-order valence-corrected chi connectivity index (χ4v) is 6.21. The maximum absolute atomic E-state index is 12.9. The predicted molar refractivity (Wildman–Crippen MR) is 244 cm³/mol. The summed E-state index contributed by atoms with van der Waals surface area (Å²) in [7, 11) is 0. The van der Waals surface area contributed by atoms with Crippen molar-refractivity contribution in [2.24, 2.45) is 0 Å². The van der Waals surface area contributed by atoms with Crippen molar-refractivity contribution in [3.05, 3.63) is 109 Å². The van der Waals surface area contributed by atoms with Gasteiger partial charge in [0.25, 0.3) is 0 Å². The first-order chi connectivity index (χ1) is 28.8. The Morgan fingerprint density at radius 1 is 0.593 bits per heavy atom. The molecule has 0 saturated carbocycles. The molecule has 59 heavy (non-hydrogen) atoms. The Balaban J connectivity index is 2.37. The third-order valence-corrected chi connectivity index (χ3v) is 9.83. The Morgan fingerprint density at radius 3 is 1.61 bits per heavy atom. The van der Waals surface area contributed by atoms with Gasteiger partial charge in [0.15, 0.2) is 6.29 Å². The van der Waals surface area contributed by atoms with Gasteiger partial charge < -0.3 is 40.3 Å². The molecule has 6 N–H and O–H groups in total. The molecule has 0 radical (unpaired) electrons. The highest BCUT2D eigenvalue weighted by Gasteiger charge is 2.44. The Labute approximate surface area is 357 Å². The van der Waals surface area contributed by atoms with Gasteiger partial charge in [0.2, 0.25) is 5.91 Å². The fraction of sp³-hybridized carbons (Fsp3) is 0.620. The number of hydrogen-bond donors (Lipinski definition) is 6. The van der Waals surface area contributed by atoms with Gasteiger partial charge >= 0.3 is 0 Å². The van der Waals surface area contributed by atoms with Crippen molar-refractivity contribution in [3.63, 3.8) is 0 Å². The van der Waals surface area contributed by atoms with Crippen LogP contribution in [-0.2, 0) is 14.3 Å². The van der Waals surface area contributed by atoms with Crippen LogP contribution in [0.25, 0.3) is 0 Å². The zero-order chi connectivity index (χ0) is 43.0. The van der Waals surface area contributed by atoms with E-state index in [0.717, 1.165) is 83.5 Å². The third kappa shape index (κ3) is 29.7. The lowest BCUT2D eigenvalue weighted by molar-refractivity contribution is -0.302. The minimum atomic E-state index is -1.58. The molecule has 0 spiro atoms. The summed E-state index contributed by atoms with van der Waals surface area (Å²) in [5.41, 5.74) is 0. The quantitative estimate of drug-likeness (QED) is 0.0274. The minimum absolute atomic E-state index is 0.223. The highest BCUT2D eigenvalue weighted by atomic mass is 16.7. The van der Waals surface area contributed by atoms with Crippen LogP contribution in [0.4, 0.5) is 0 Å². The number of carbonyl (C=O) groups excluding carboxylic acids is 1. The molecule has 0 aromatic carbocycles. The number of hydrogen-bond acceptors (Lipinski definition) is 8. The number of aliphatic hydroxyl groups excluding tert-OH is 5. The molecule has 334 valence electrons. The second kappa shape index (κ2) is 39.0. The Kier molecular flexibility index (Phi) is 35.6. The molecule has 1 amide bonds. The summed E-state index contributed by atoms with van der Waals surface area (Å²) in [4.78, 5) is 12.9. The van der Waals surface area contributed by atoms with Gasteiger partial charge in [0.05, 0.1) is 25.4 Å². The molecule has 1 heterocycles. The first-order valence-electron chi connectivity index (χ1n) is 22.6. The number of ether oxygens (including phenoxy) is 2. The van der Waals surface area contributed by atoms with E-state index < -0.39 is 49.5 Å². The largest absolute Gasteiger partial charge is 0.394 e. The van der Waals surface area contributed by atoms with E-state index in [2.05, 4.69) is 116 Å². The molecule has 7 unspecified atom stereocenters. The molecule has 7 atom stereocenters. The number of nitrogens with one attached hydrogen (secondary N) is 1. The second-order valence-corrected chi connectivity index (χ2v) is 15.1. The lowest BCUT2D eigenvalue weighted by Crippen LogP contribution is -2.60. The van der Waals surface area contributed by atoms with Gasteiger partial charge in [-0.1, -0.05) is 155 Å². The van der Waals surface area contributed by atoms with Gasteiger partial charge in [-0.3, -0.25) is 4.79 Å². The standard InChI is InChI=1S/C50H81NO8/c1-3-5-7-9-11-13-15-16-17-18-19-20-21-22-23-24-25-26-27-28-30-32-34-36-38-40-46(54)51-43(42-58-50-49(57)48(56)47(55)45(41-52)59-50)44(53)39-37-35-33-31-29-14-12-10-8-6-4-2/h5,7,11,13,16-17,19-20,22-23,25-26,28-31,37,39,43-45,47-50,52-53,55-57H,3-4,6,8-10,12,14-15,18,21,24,27,32-36,38,40-42H2,1-2H3,(H,51,54)/b7-5-,13-11-,17-16-,20-19-,23-22-,26-25-,30-28-,31-29+,39-37+. The van der Waals surface area contributed by atoms with Crippen LogP contribution < -0.4 is 5.32 Å². The van der Waals surface area contributed by atoms with E-state index in [4.69, 9.17) is 9.47 Å². The summed E-state index contributed by atoms with van der Waals surface area (Å²) in [6, 6.07) is -0.846. The van der Waals surface area contributed by atoms with Crippen LogP contribution >= 0.6 is 0 Å². The maximum atomic E-state index is 12.9. The van der Waals surface area contributed by atoms with Crippen molar-refractivity contribution >= 4 is 5.91 Å². The molecule has 9 nitrogen and oxygen atoms in total. The van der Waals surface area contributed by atoms with E-state index in [1.807, 2.05) is 6.08 Å². The van der Waals surface area contributed by atoms with E-state index in [-0.39, 0.29) is 12.5 Å². The molecule has 1 aliphatic heterocycles. The topological polar surface area (TPSA) is 149 Å². The zero-order valence-corrected chi connectivity index (χ0v) is 36.5. The van der Waals surface area contributed by atoms with Crippen LogP contribution in [-0.4, -0.2) is 87.5 Å². The van der Waals surface area contributed by atoms with E-state index in [0.29, 0.717) is 12.8 Å². The fourth-order valence-electron chi connectivity index (χ4n) is 6.21. The molecule has 0 bridgehead atoms. The van der Waals surface area contributed by atoms with Crippen molar-refractivity contribution in [3.8, 4) is 0 Å². The lowest BCUT2D eigenvalue weighted by Gasteiger charge is -2.40. The monoisotopic (exact) mass is 824 g/mol. The first kappa shape index (κ1) is 53.9. The minimum Gasteiger partial charge on any atom is -0.394 e. The summed E-state index contributed by atoms with van der Waals surface area (Å²) in [6.07, 6.45) is 49.9. The molecule has 1 rings (SSSR count). The molecule has 1 fully saturated rings. The summed E-state index contributed by atoms with van der Waals surface area (Å²) in [5, 5.41) is 54.0. The third-order valence-electron chi connectivity index (χ3n) is 9.83. The lowest BCUT2D eigenvalue weighted by atomic mass is 9.99. The number of rotatable bonds is 35. The van der Waals surface area contributed by atoms with Crippen molar-refractivity contribution in [1.29, 1.82) is 0 Å². The number of carbonyl (C=O) groups is 1. The van der Waals surface area contributed by atoms with Gasteiger partial charge in [-0.15, -0.1) is 0 Å². The van der Waals surface area contributed by atoms with E-state index >= 15 is 0 Å². The van der Waals surface area contributed by atoms with Gasteiger partial charge in [0.1, 0.15) is 24.4 Å². The number of allylic oxidation sites excluding steroid dienone is 17.